The van der Waals surface area contributed by atoms with E-state index in [1.165, 1.54) is 5.56 Å². The van der Waals surface area contributed by atoms with E-state index in [1.807, 2.05) is 11.0 Å². The van der Waals surface area contributed by atoms with Gasteiger partial charge >= 0.3 is 0 Å². The fourth-order valence-corrected chi connectivity index (χ4v) is 2.70. The molecule has 0 radical (unpaired) electrons. The van der Waals surface area contributed by atoms with E-state index in [4.69, 9.17) is 0 Å². The number of nitrogens with one attached hydrogen (secondary N) is 1. The van der Waals surface area contributed by atoms with Crippen LogP contribution in [0.1, 0.15) is 49.2 Å². The van der Waals surface area contributed by atoms with Gasteiger partial charge in [0.2, 0.25) is 0 Å². The van der Waals surface area contributed by atoms with Gasteiger partial charge in [-0.15, -0.1) is 0 Å². The normalized spacial score (nSPS) is 10.5. The topological polar surface area (TPSA) is 58.1 Å². The maximum absolute atomic E-state index is 12.5. The molecule has 1 amide bonds. The fraction of sp³-hybridized carbons (Fsp3) is 0.450. The Hall–Kier alpha value is -2.43. The Kier molecular flexibility index (Phi) is 7.89. The molecule has 0 saturated heterocycles. The third kappa shape index (κ3) is 6.18. The zero-order valence-electron chi connectivity index (χ0n) is 15.2. The molecular formula is C20H28N4O. The third-order valence-electron chi connectivity index (χ3n) is 3.94. The third-order valence-corrected chi connectivity index (χ3v) is 3.94. The van der Waals surface area contributed by atoms with Crippen LogP contribution in [-0.2, 0) is 6.42 Å². The Bertz CT molecular complexity index is 622. The van der Waals surface area contributed by atoms with Gasteiger partial charge in [0.05, 0.1) is 12.4 Å². The molecule has 0 saturated carbocycles. The minimum absolute atomic E-state index is 0.0353. The number of hydrogen-bond donors (Lipinski definition) is 1. The number of carbonyl (C=O) groups excluding carboxylic acids is 1. The molecule has 134 valence electrons. The number of rotatable bonds is 10. The van der Waals surface area contributed by atoms with Gasteiger partial charge in [0.1, 0.15) is 11.5 Å². The summed E-state index contributed by atoms with van der Waals surface area (Å²) in [5, 5.41) is 3.26. The van der Waals surface area contributed by atoms with E-state index in [0.717, 1.165) is 45.3 Å². The highest BCUT2D eigenvalue weighted by Crippen LogP contribution is 2.07. The van der Waals surface area contributed by atoms with Gasteiger partial charge in [-0.1, -0.05) is 44.2 Å². The van der Waals surface area contributed by atoms with Gasteiger partial charge in [0.15, 0.2) is 0 Å². The van der Waals surface area contributed by atoms with E-state index < -0.39 is 0 Å². The van der Waals surface area contributed by atoms with Gasteiger partial charge in [-0.3, -0.25) is 4.79 Å². The Balaban J connectivity index is 1.81. The molecule has 0 aliphatic carbocycles. The van der Waals surface area contributed by atoms with Crippen LogP contribution in [-0.4, -0.2) is 40.4 Å². The second-order valence-corrected chi connectivity index (χ2v) is 6.10. The Morgan fingerprint density at radius 3 is 2.36 bits per heavy atom. The molecule has 2 aromatic rings. The van der Waals surface area contributed by atoms with Gasteiger partial charge in [-0.05, 0) is 31.2 Å². The highest BCUT2D eigenvalue weighted by Gasteiger charge is 2.15. The first-order valence-corrected chi connectivity index (χ1v) is 9.13. The molecule has 5 heteroatoms. The minimum atomic E-state index is -0.0353. The van der Waals surface area contributed by atoms with E-state index in [0.29, 0.717) is 11.5 Å². The van der Waals surface area contributed by atoms with Crippen molar-refractivity contribution >= 4 is 11.7 Å². The number of anilines is 1. The van der Waals surface area contributed by atoms with Gasteiger partial charge in [0.25, 0.3) is 5.91 Å². The summed E-state index contributed by atoms with van der Waals surface area (Å²) in [5.74, 6) is 0.675. The molecule has 0 spiro atoms. The van der Waals surface area contributed by atoms with Gasteiger partial charge < -0.3 is 10.2 Å². The van der Waals surface area contributed by atoms with Crippen LogP contribution >= 0.6 is 0 Å². The molecule has 1 aromatic heterocycles. The van der Waals surface area contributed by atoms with E-state index in [2.05, 4.69) is 53.4 Å². The quantitative estimate of drug-likeness (QED) is 0.669. The molecule has 1 heterocycles. The number of carbonyl (C=O) groups is 1. The average molecular weight is 340 g/mol. The van der Waals surface area contributed by atoms with Crippen LogP contribution in [0.25, 0.3) is 0 Å². The maximum Gasteiger partial charge on any atom is 0.274 e. The highest BCUT2D eigenvalue weighted by molar-refractivity contribution is 5.92. The fourth-order valence-electron chi connectivity index (χ4n) is 2.70. The average Bonchev–Trinajstić information content (AvgIpc) is 2.66. The number of amides is 1. The summed E-state index contributed by atoms with van der Waals surface area (Å²) >= 11 is 0. The van der Waals surface area contributed by atoms with Crippen molar-refractivity contribution in [1.29, 1.82) is 0 Å². The maximum atomic E-state index is 12.5. The summed E-state index contributed by atoms with van der Waals surface area (Å²) in [6, 6.07) is 10.4. The number of aromatic nitrogens is 2. The van der Waals surface area contributed by atoms with Crippen LogP contribution in [0.4, 0.5) is 5.82 Å². The molecule has 0 aliphatic rings. The van der Waals surface area contributed by atoms with Gasteiger partial charge in [-0.25, -0.2) is 9.97 Å². The Morgan fingerprint density at radius 2 is 1.76 bits per heavy atom. The van der Waals surface area contributed by atoms with Crippen molar-refractivity contribution in [3.8, 4) is 0 Å². The minimum Gasteiger partial charge on any atom is -0.369 e. The van der Waals surface area contributed by atoms with Crippen LogP contribution in [0.15, 0.2) is 42.7 Å². The van der Waals surface area contributed by atoms with E-state index in [-0.39, 0.29) is 5.91 Å². The van der Waals surface area contributed by atoms with Crippen molar-refractivity contribution in [3.05, 3.63) is 54.0 Å². The van der Waals surface area contributed by atoms with Crippen molar-refractivity contribution in [2.24, 2.45) is 0 Å². The number of benzene rings is 1. The van der Waals surface area contributed by atoms with Crippen molar-refractivity contribution < 1.29 is 4.79 Å². The highest BCUT2D eigenvalue weighted by atomic mass is 16.2. The van der Waals surface area contributed by atoms with Crippen LogP contribution in [0.5, 0.6) is 0 Å². The SMILES string of the molecule is CCCN(CCC)C(=O)c1cnc(NCCCc2ccccc2)cn1. The predicted molar refractivity (Wildman–Crippen MR) is 102 cm³/mol. The van der Waals surface area contributed by atoms with Gasteiger partial charge in [0, 0.05) is 19.6 Å². The van der Waals surface area contributed by atoms with Crippen LogP contribution < -0.4 is 5.32 Å². The summed E-state index contributed by atoms with van der Waals surface area (Å²) in [7, 11) is 0. The number of nitrogens with zero attached hydrogens (tertiary/aromatic N) is 3. The van der Waals surface area contributed by atoms with Crippen molar-refractivity contribution in [2.75, 3.05) is 25.0 Å². The van der Waals surface area contributed by atoms with Crippen molar-refractivity contribution in [3.63, 3.8) is 0 Å². The monoisotopic (exact) mass is 340 g/mol. The van der Waals surface area contributed by atoms with Crippen molar-refractivity contribution in [2.45, 2.75) is 39.5 Å². The molecule has 0 atom stereocenters. The first kappa shape index (κ1) is 18.9. The first-order chi connectivity index (χ1) is 12.2. The molecule has 0 unspecified atom stereocenters. The summed E-state index contributed by atoms with van der Waals surface area (Å²) < 4.78 is 0. The number of hydrogen-bond acceptors (Lipinski definition) is 4. The molecule has 0 bridgehead atoms. The molecule has 25 heavy (non-hydrogen) atoms. The Labute approximate surface area is 150 Å². The summed E-state index contributed by atoms with van der Waals surface area (Å²) in [6.45, 7) is 6.49. The molecule has 1 aromatic carbocycles. The lowest BCUT2D eigenvalue weighted by molar-refractivity contribution is 0.0749. The molecule has 2 rings (SSSR count). The van der Waals surface area contributed by atoms with Crippen LogP contribution in [0, 0.1) is 0 Å². The molecule has 5 nitrogen and oxygen atoms in total. The second kappa shape index (κ2) is 10.4. The largest absolute Gasteiger partial charge is 0.369 e. The first-order valence-electron chi connectivity index (χ1n) is 9.13. The van der Waals surface area contributed by atoms with E-state index in [1.54, 1.807) is 12.4 Å². The van der Waals surface area contributed by atoms with Crippen molar-refractivity contribution in [1.82, 2.24) is 14.9 Å². The number of aryl methyl sites for hydroxylation is 1. The predicted octanol–water partition coefficient (Wildman–Crippen LogP) is 3.78. The Morgan fingerprint density at radius 1 is 1.04 bits per heavy atom. The molecule has 0 aliphatic heterocycles. The van der Waals surface area contributed by atoms with E-state index in [9.17, 15) is 4.79 Å². The lowest BCUT2D eigenvalue weighted by Gasteiger charge is -2.20. The second-order valence-electron chi connectivity index (χ2n) is 6.10. The van der Waals surface area contributed by atoms with Gasteiger partial charge in [-0.2, -0.15) is 0 Å². The zero-order chi connectivity index (χ0) is 17.9. The van der Waals surface area contributed by atoms with Crippen LogP contribution in [0.2, 0.25) is 0 Å². The molecular weight excluding hydrogens is 312 g/mol. The summed E-state index contributed by atoms with van der Waals surface area (Å²) in [6.07, 6.45) is 7.15. The lowest BCUT2D eigenvalue weighted by Crippen LogP contribution is -2.33. The zero-order valence-corrected chi connectivity index (χ0v) is 15.2. The van der Waals surface area contributed by atoms with Crippen LogP contribution in [0.3, 0.4) is 0 Å². The standard InChI is InChI=1S/C20H28N4O/c1-3-13-24(14-4-2)20(25)18-15-23-19(16-22-18)21-12-8-11-17-9-6-5-7-10-17/h5-7,9-10,15-16H,3-4,8,11-14H2,1-2H3,(H,21,23). The summed E-state index contributed by atoms with van der Waals surface area (Å²) in [4.78, 5) is 22.9. The lowest BCUT2D eigenvalue weighted by atomic mass is 10.1. The molecule has 1 N–H and O–H groups in total. The summed E-state index contributed by atoms with van der Waals surface area (Å²) in [5.41, 5.74) is 1.75. The molecule has 0 fully saturated rings. The smallest absolute Gasteiger partial charge is 0.274 e. The van der Waals surface area contributed by atoms with E-state index >= 15 is 0 Å².